The molecule has 7 heteroatoms. The minimum Gasteiger partial charge on any atom is -0.476 e. The molecule has 1 N–H and O–H groups in total. The van der Waals surface area contributed by atoms with Crippen molar-refractivity contribution in [1.29, 1.82) is 0 Å². The van der Waals surface area contributed by atoms with Gasteiger partial charge in [0.25, 0.3) is 0 Å². The second kappa shape index (κ2) is 12.8. The van der Waals surface area contributed by atoms with E-state index < -0.39 is 24.1 Å². The molecule has 7 nitrogen and oxygen atoms in total. The molecule has 0 spiro atoms. The van der Waals surface area contributed by atoms with E-state index in [4.69, 9.17) is 14.6 Å². The van der Waals surface area contributed by atoms with E-state index in [1.54, 1.807) is 0 Å². The van der Waals surface area contributed by atoms with Crippen LogP contribution in [0.1, 0.15) is 58.3 Å². The van der Waals surface area contributed by atoms with Crippen molar-refractivity contribution in [3.05, 3.63) is 0 Å². The van der Waals surface area contributed by atoms with E-state index in [-0.39, 0.29) is 25.6 Å². The van der Waals surface area contributed by atoms with Crippen LogP contribution in [0.2, 0.25) is 0 Å². The van der Waals surface area contributed by atoms with E-state index in [1.165, 1.54) is 0 Å². The second-order valence-electron chi connectivity index (χ2n) is 4.83. The molecule has 0 heterocycles. The molecule has 0 radical (unpaired) electrons. The number of carbonyl (C=O) groups is 4. The highest BCUT2D eigenvalue weighted by Gasteiger charge is 2.14. The molecule has 0 aliphatic carbocycles. The van der Waals surface area contributed by atoms with Crippen LogP contribution in [0.15, 0.2) is 0 Å². The number of hydrogen-bond acceptors (Lipinski definition) is 6. The Hall–Kier alpha value is -1.92. The van der Waals surface area contributed by atoms with Crippen LogP contribution in [0, 0.1) is 0 Å². The predicted molar refractivity (Wildman–Crippen MR) is 77.2 cm³/mol. The van der Waals surface area contributed by atoms with Crippen LogP contribution in [0.5, 0.6) is 0 Å². The SMILES string of the molecule is CCCCCCCC(=O)OCCOC(=O)CCC(=O)C(=O)O. The van der Waals surface area contributed by atoms with Crippen LogP contribution in [0.25, 0.3) is 0 Å². The first kappa shape index (κ1) is 20.1. The smallest absolute Gasteiger partial charge is 0.372 e. The topological polar surface area (TPSA) is 107 Å². The van der Waals surface area contributed by atoms with Crippen molar-refractivity contribution in [3.63, 3.8) is 0 Å². The molecule has 0 unspecified atom stereocenters. The van der Waals surface area contributed by atoms with Gasteiger partial charge in [-0.1, -0.05) is 32.6 Å². The molecule has 0 saturated carbocycles. The van der Waals surface area contributed by atoms with Gasteiger partial charge in [0.2, 0.25) is 5.78 Å². The van der Waals surface area contributed by atoms with Crippen molar-refractivity contribution < 1.29 is 33.8 Å². The maximum Gasteiger partial charge on any atom is 0.372 e. The number of carboxylic acid groups (broad SMARTS) is 1. The van der Waals surface area contributed by atoms with E-state index >= 15 is 0 Å². The van der Waals surface area contributed by atoms with Gasteiger partial charge in [0.15, 0.2) is 0 Å². The number of Topliss-reactive ketones (excluding diaryl/α,β-unsaturated/α-hetero) is 1. The minimum absolute atomic E-state index is 0.0353. The summed E-state index contributed by atoms with van der Waals surface area (Å²) in [6.45, 7) is 1.99. The molecule has 0 aliphatic rings. The van der Waals surface area contributed by atoms with Crippen LogP contribution < -0.4 is 0 Å². The standard InChI is InChI=1S/C15H24O7/c1-2-3-4-5-6-7-13(17)21-10-11-22-14(18)9-8-12(16)15(19)20/h2-11H2,1H3,(H,19,20). The van der Waals surface area contributed by atoms with Crippen molar-refractivity contribution >= 4 is 23.7 Å². The molecule has 0 aromatic heterocycles. The maximum atomic E-state index is 11.3. The van der Waals surface area contributed by atoms with Gasteiger partial charge in [-0.3, -0.25) is 14.4 Å². The Labute approximate surface area is 130 Å². The highest BCUT2D eigenvalue weighted by Crippen LogP contribution is 2.05. The Balaban J connectivity index is 3.51. The van der Waals surface area contributed by atoms with Crippen LogP contribution in [0.4, 0.5) is 0 Å². The average Bonchev–Trinajstić information content (AvgIpc) is 2.48. The third-order valence-electron chi connectivity index (χ3n) is 2.89. The van der Waals surface area contributed by atoms with Crippen molar-refractivity contribution in [2.24, 2.45) is 0 Å². The Kier molecular flexibility index (Phi) is 11.7. The first-order valence-corrected chi connectivity index (χ1v) is 7.54. The molecule has 0 aromatic rings. The quantitative estimate of drug-likeness (QED) is 0.314. The number of aliphatic carboxylic acids is 1. The Morgan fingerprint density at radius 1 is 0.773 bits per heavy atom. The zero-order valence-electron chi connectivity index (χ0n) is 13.0. The molecule has 0 aromatic carbocycles. The van der Waals surface area contributed by atoms with E-state index in [0.29, 0.717) is 6.42 Å². The van der Waals surface area contributed by atoms with Gasteiger partial charge >= 0.3 is 17.9 Å². The van der Waals surface area contributed by atoms with Gasteiger partial charge < -0.3 is 14.6 Å². The molecule has 0 fully saturated rings. The number of unbranched alkanes of at least 4 members (excludes halogenated alkanes) is 4. The largest absolute Gasteiger partial charge is 0.476 e. The molecule has 0 amide bonds. The zero-order chi connectivity index (χ0) is 16.8. The number of carbonyl (C=O) groups excluding carboxylic acids is 3. The summed E-state index contributed by atoms with van der Waals surface area (Å²) in [7, 11) is 0. The van der Waals surface area contributed by atoms with Gasteiger partial charge in [0.1, 0.15) is 13.2 Å². The molecular weight excluding hydrogens is 292 g/mol. The summed E-state index contributed by atoms with van der Waals surface area (Å²) in [5.74, 6) is -3.62. The molecule has 0 rings (SSSR count). The molecule has 126 valence electrons. The van der Waals surface area contributed by atoms with Gasteiger partial charge in [-0.25, -0.2) is 4.79 Å². The van der Waals surface area contributed by atoms with Crippen molar-refractivity contribution in [2.75, 3.05) is 13.2 Å². The second-order valence-corrected chi connectivity index (χ2v) is 4.83. The minimum atomic E-state index is -1.57. The lowest BCUT2D eigenvalue weighted by molar-refractivity contribution is -0.154. The lowest BCUT2D eigenvalue weighted by Gasteiger charge is -2.06. The van der Waals surface area contributed by atoms with Crippen molar-refractivity contribution in [3.8, 4) is 0 Å². The zero-order valence-corrected chi connectivity index (χ0v) is 13.0. The molecule has 0 aliphatic heterocycles. The summed E-state index contributed by atoms with van der Waals surface area (Å²) in [5.41, 5.74) is 0. The average molecular weight is 316 g/mol. The predicted octanol–water partition coefficient (Wildman–Crippen LogP) is 1.87. The number of ether oxygens (including phenoxy) is 2. The first-order chi connectivity index (χ1) is 10.5. The van der Waals surface area contributed by atoms with E-state index in [2.05, 4.69) is 6.92 Å². The summed E-state index contributed by atoms with van der Waals surface area (Å²) in [6, 6.07) is 0. The summed E-state index contributed by atoms with van der Waals surface area (Å²) < 4.78 is 9.60. The first-order valence-electron chi connectivity index (χ1n) is 7.54. The summed E-state index contributed by atoms with van der Waals surface area (Å²) in [5, 5.41) is 8.33. The Bertz CT molecular complexity index is 376. The molecule has 0 atom stereocenters. The van der Waals surface area contributed by atoms with Crippen LogP contribution in [-0.4, -0.2) is 42.0 Å². The fraction of sp³-hybridized carbons (Fsp3) is 0.733. The molecule has 22 heavy (non-hydrogen) atoms. The van der Waals surface area contributed by atoms with Gasteiger partial charge in [-0.15, -0.1) is 0 Å². The van der Waals surface area contributed by atoms with E-state index in [9.17, 15) is 19.2 Å². The van der Waals surface area contributed by atoms with Crippen molar-refractivity contribution in [2.45, 2.75) is 58.3 Å². The van der Waals surface area contributed by atoms with Crippen molar-refractivity contribution in [1.82, 2.24) is 0 Å². The highest BCUT2D eigenvalue weighted by molar-refractivity contribution is 6.32. The maximum absolute atomic E-state index is 11.3. The molecule has 0 saturated heterocycles. The van der Waals surface area contributed by atoms with Crippen LogP contribution in [0.3, 0.4) is 0 Å². The number of hydrogen-bond donors (Lipinski definition) is 1. The highest BCUT2D eigenvalue weighted by atomic mass is 16.6. The monoisotopic (exact) mass is 316 g/mol. The fourth-order valence-corrected chi connectivity index (χ4v) is 1.65. The number of esters is 2. The Morgan fingerprint density at radius 2 is 1.32 bits per heavy atom. The Morgan fingerprint density at radius 3 is 1.86 bits per heavy atom. The van der Waals surface area contributed by atoms with Gasteiger partial charge in [0.05, 0.1) is 6.42 Å². The number of rotatable bonds is 13. The summed E-state index contributed by atoms with van der Waals surface area (Å²) in [4.78, 5) is 43.5. The van der Waals surface area contributed by atoms with E-state index in [1.807, 2.05) is 0 Å². The van der Waals surface area contributed by atoms with Gasteiger partial charge in [0, 0.05) is 12.8 Å². The third-order valence-corrected chi connectivity index (χ3v) is 2.89. The van der Waals surface area contributed by atoms with Crippen LogP contribution >= 0.6 is 0 Å². The lowest BCUT2D eigenvalue weighted by Crippen LogP contribution is -2.17. The van der Waals surface area contributed by atoms with Gasteiger partial charge in [-0.2, -0.15) is 0 Å². The van der Waals surface area contributed by atoms with Crippen LogP contribution in [-0.2, 0) is 28.7 Å². The molecular formula is C15H24O7. The van der Waals surface area contributed by atoms with Gasteiger partial charge in [-0.05, 0) is 6.42 Å². The van der Waals surface area contributed by atoms with E-state index in [0.717, 1.165) is 32.1 Å². The normalized spacial score (nSPS) is 10.0. The fourth-order valence-electron chi connectivity index (χ4n) is 1.65. The third kappa shape index (κ3) is 11.9. The molecule has 0 bridgehead atoms. The number of ketones is 1. The number of carboxylic acids is 1. The summed E-state index contributed by atoms with van der Waals surface area (Å²) >= 11 is 0. The summed E-state index contributed by atoms with van der Waals surface area (Å²) in [6.07, 6.45) is 4.86. The lowest BCUT2D eigenvalue weighted by atomic mass is 10.1.